The van der Waals surface area contributed by atoms with Crippen molar-refractivity contribution in [2.24, 2.45) is 0 Å². The molecule has 0 aliphatic heterocycles. The van der Waals surface area contributed by atoms with E-state index in [1.54, 1.807) is 12.1 Å². The van der Waals surface area contributed by atoms with Gasteiger partial charge in [-0.2, -0.15) is 0 Å². The number of rotatable bonds is 4. The number of hydrogen-bond donors (Lipinski definition) is 2. The number of amides is 1. The summed E-state index contributed by atoms with van der Waals surface area (Å²) in [5.74, 6) is -0.403. The second kappa shape index (κ2) is 5.95. The summed E-state index contributed by atoms with van der Waals surface area (Å²) in [6.07, 6.45) is 1.06. The molecule has 1 amide bonds. The van der Waals surface area contributed by atoms with E-state index in [0.29, 0.717) is 11.4 Å². The first-order valence-corrected chi connectivity index (χ1v) is 5.96. The molecule has 0 radical (unpaired) electrons. The van der Waals surface area contributed by atoms with Gasteiger partial charge in [0.15, 0.2) is 0 Å². The van der Waals surface area contributed by atoms with Gasteiger partial charge in [0.1, 0.15) is 11.6 Å². The molecule has 2 N–H and O–H groups in total. The average Bonchev–Trinajstić information content (AvgIpc) is 2.42. The van der Waals surface area contributed by atoms with Crippen LogP contribution in [0.25, 0.3) is 0 Å². The SMILES string of the molecule is CCNc1ccccc1C(=O)Nc1ccc(F)cn1. The van der Waals surface area contributed by atoms with Gasteiger partial charge in [-0.05, 0) is 31.2 Å². The van der Waals surface area contributed by atoms with Gasteiger partial charge in [-0.25, -0.2) is 9.37 Å². The molecule has 0 saturated heterocycles. The van der Waals surface area contributed by atoms with E-state index in [2.05, 4.69) is 15.6 Å². The lowest BCUT2D eigenvalue weighted by Gasteiger charge is -2.10. The standard InChI is InChI=1S/C14H14FN3O/c1-2-16-12-6-4-3-5-11(12)14(19)18-13-8-7-10(15)9-17-13/h3-9,16H,2H2,1H3,(H,17,18,19). The number of aromatic nitrogens is 1. The average molecular weight is 259 g/mol. The number of para-hydroxylation sites is 1. The smallest absolute Gasteiger partial charge is 0.258 e. The van der Waals surface area contributed by atoms with Crippen molar-refractivity contribution in [3.63, 3.8) is 0 Å². The van der Waals surface area contributed by atoms with Crippen LogP contribution in [-0.4, -0.2) is 17.4 Å². The Kier molecular flexibility index (Phi) is 4.07. The first-order valence-electron chi connectivity index (χ1n) is 5.96. The van der Waals surface area contributed by atoms with Gasteiger partial charge in [-0.15, -0.1) is 0 Å². The molecule has 0 unspecified atom stereocenters. The molecule has 98 valence electrons. The third-order valence-corrected chi connectivity index (χ3v) is 2.51. The number of carbonyl (C=O) groups excluding carboxylic acids is 1. The third kappa shape index (κ3) is 3.28. The van der Waals surface area contributed by atoms with Crippen LogP contribution < -0.4 is 10.6 Å². The van der Waals surface area contributed by atoms with Crippen molar-refractivity contribution in [3.05, 3.63) is 54.0 Å². The van der Waals surface area contributed by atoms with E-state index in [0.717, 1.165) is 18.4 Å². The lowest BCUT2D eigenvalue weighted by atomic mass is 10.1. The molecule has 1 aromatic heterocycles. The van der Waals surface area contributed by atoms with Crippen molar-refractivity contribution < 1.29 is 9.18 Å². The van der Waals surface area contributed by atoms with Crippen molar-refractivity contribution in [3.8, 4) is 0 Å². The van der Waals surface area contributed by atoms with Crippen molar-refractivity contribution in [2.75, 3.05) is 17.2 Å². The van der Waals surface area contributed by atoms with Crippen LogP contribution in [0.15, 0.2) is 42.6 Å². The predicted octanol–water partition coefficient (Wildman–Crippen LogP) is 2.90. The molecule has 0 saturated carbocycles. The first-order chi connectivity index (χ1) is 9.20. The van der Waals surface area contributed by atoms with E-state index in [1.807, 2.05) is 19.1 Å². The number of halogens is 1. The number of nitrogens with one attached hydrogen (secondary N) is 2. The Bertz CT molecular complexity index is 569. The Morgan fingerprint density at radius 2 is 2.05 bits per heavy atom. The summed E-state index contributed by atoms with van der Waals surface area (Å²) in [7, 11) is 0. The fourth-order valence-corrected chi connectivity index (χ4v) is 1.66. The lowest BCUT2D eigenvalue weighted by Crippen LogP contribution is -2.15. The highest BCUT2D eigenvalue weighted by molar-refractivity contribution is 6.07. The van der Waals surface area contributed by atoms with Gasteiger partial charge in [0.2, 0.25) is 0 Å². The fourth-order valence-electron chi connectivity index (χ4n) is 1.66. The number of anilines is 2. The molecule has 0 fully saturated rings. The monoisotopic (exact) mass is 259 g/mol. The molecule has 2 aromatic rings. The van der Waals surface area contributed by atoms with Gasteiger partial charge in [0, 0.05) is 12.2 Å². The van der Waals surface area contributed by atoms with E-state index in [4.69, 9.17) is 0 Å². The molecule has 1 aromatic carbocycles. The summed E-state index contributed by atoms with van der Waals surface area (Å²) in [5.41, 5.74) is 1.28. The molecular formula is C14H14FN3O. The normalized spacial score (nSPS) is 10.0. The van der Waals surface area contributed by atoms with E-state index >= 15 is 0 Å². The molecule has 2 rings (SSSR count). The highest BCUT2D eigenvalue weighted by atomic mass is 19.1. The lowest BCUT2D eigenvalue weighted by molar-refractivity contribution is 0.102. The van der Waals surface area contributed by atoms with E-state index in [1.165, 1.54) is 12.1 Å². The van der Waals surface area contributed by atoms with Crippen LogP contribution >= 0.6 is 0 Å². The van der Waals surface area contributed by atoms with Crippen LogP contribution in [0.4, 0.5) is 15.9 Å². The molecule has 0 bridgehead atoms. The number of benzene rings is 1. The highest BCUT2D eigenvalue weighted by Gasteiger charge is 2.11. The van der Waals surface area contributed by atoms with Crippen LogP contribution in [0.3, 0.4) is 0 Å². The Morgan fingerprint density at radius 1 is 1.26 bits per heavy atom. The number of nitrogens with zero attached hydrogens (tertiary/aromatic N) is 1. The first kappa shape index (κ1) is 13.0. The maximum atomic E-state index is 12.7. The maximum absolute atomic E-state index is 12.7. The van der Waals surface area contributed by atoms with Gasteiger partial charge in [0.25, 0.3) is 5.91 Å². The second-order valence-electron chi connectivity index (χ2n) is 3.89. The molecule has 4 nitrogen and oxygen atoms in total. The molecular weight excluding hydrogens is 245 g/mol. The van der Waals surface area contributed by atoms with Gasteiger partial charge in [-0.3, -0.25) is 4.79 Å². The van der Waals surface area contributed by atoms with Gasteiger partial charge in [-0.1, -0.05) is 12.1 Å². The number of hydrogen-bond acceptors (Lipinski definition) is 3. The summed E-state index contributed by atoms with van der Waals surface area (Å²) in [6, 6.07) is 9.86. The Labute approximate surface area is 110 Å². The quantitative estimate of drug-likeness (QED) is 0.887. The topological polar surface area (TPSA) is 54.0 Å². The van der Waals surface area contributed by atoms with E-state index in [9.17, 15) is 9.18 Å². The summed E-state index contributed by atoms with van der Waals surface area (Å²) in [6.45, 7) is 2.68. The summed E-state index contributed by atoms with van der Waals surface area (Å²) < 4.78 is 12.7. The van der Waals surface area contributed by atoms with Crippen LogP contribution in [0.2, 0.25) is 0 Å². The van der Waals surface area contributed by atoms with Crippen molar-refractivity contribution >= 4 is 17.4 Å². The van der Waals surface area contributed by atoms with Crippen molar-refractivity contribution in [2.45, 2.75) is 6.92 Å². The van der Waals surface area contributed by atoms with E-state index < -0.39 is 5.82 Å². The van der Waals surface area contributed by atoms with Crippen LogP contribution in [-0.2, 0) is 0 Å². The molecule has 1 heterocycles. The van der Waals surface area contributed by atoms with Crippen molar-refractivity contribution in [1.29, 1.82) is 0 Å². The Balaban J connectivity index is 2.18. The van der Waals surface area contributed by atoms with E-state index in [-0.39, 0.29) is 5.91 Å². The third-order valence-electron chi connectivity index (χ3n) is 2.51. The Hall–Kier alpha value is -2.43. The summed E-state index contributed by atoms with van der Waals surface area (Å²) in [5, 5.41) is 5.74. The largest absolute Gasteiger partial charge is 0.385 e. The van der Waals surface area contributed by atoms with Crippen LogP contribution in [0.5, 0.6) is 0 Å². The minimum atomic E-state index is -0.439. The zero-order valence-electron chi connectivity index (χ0n) is 10.5. The zero-order valence-corrected chi connectivity index (χ0v) is 10.5. The number of pyridine rings is 1. The Morgan fingerprint density at radius 3 is 2.74 bits per heavy atom. The number of carbonyl (C=O) groups is 1. The molecule has 19 heavy (non-hydrogen) atoms. The highest BCUT2D eigenvalue weighted by Crippen LogP contribution is 2.16. The van der Waals surface area contributed by atoms with Gasteiger partial charge >= 0.3 is 0 Å². The minimum Gasteiger partial charge on any atom is -0.385 e. The maximum Gasteiger partial charge on any atom is 0.258 e. The molecule has 0 atom stereocenters. The van der Waals surface area contributed by atoms with Crippen molar-refractivity contribution in [1.82, 2.24) is 4.98 Å². The van der Waals surface area contributed by atoms with Gasteiger partial charge < -0.3 is 10.6 Å². The fraction of sp³-hybridized carbons (Fsp3) is 0.143. The van der Waals surface area contributed by atoms with Crippen LogP contribution in [0.1, 0.15) is 17.3 Å². The second-order valence-corrected chi connectivity index (χ2v) is 3.89. The summed E-state index contributed by atoms with van der Waals surface area (Å²) in [4.78, 5) is 15.9. The molecule has 0 aliphatic rings. The molecule has 0 aliphatic carbocycles. The zero-order chi connectivity index (χ0) is 13.7. The minimum absolute atomic E-state index is 0.282. The van der Waals surface area contributed by atoms with Crippen LogP contribution in [0, 0.1) is 5.82 Å². The van der Waals surface area contributed by atoms with Gasteiger partial charge in [0.05, 0.1) is 11.8 Å². The predicted molar refractivity (Wildman–Crippen MR) is 72.8 cm³/mol. The molecule has 5 heteroatoms. The molecule has 0 spiro atoms. The summed E-state index contributed by atoms with van der Waals surface area (Å²) >= 11 is 0.